The van der Waals surface area contributed by atoms with Crippen LogP contribution in [-0.2, 0) is 14.6 Å². The molecular weight excluding hydrogens is 252 g/mol. The third-order valence-corrected chi connectivity index (χ3v) is 4.81. The lowest BCUT2D eigenvalue weighted by Crippen LogP contribution is -2.12. The van der Waals surface area contributed by atoms with Gasteiger partial charge in [-0.2, -0.15) is 0 Å². The largest absolute Gasteiger partial charge is 0.481 e. The van der Waals surface area contributed by atoms with E-state index in [9.17, 15) is 13.2 Å². The molecule has 0 spiro atoms. The van der Waals surface area contributed by atoms with Crippen LogP contribution in [0.5, 0.6) is 0 Å². The van der Waals surface area contributed by atoms with E-state index in [0.29, 0.717) is 4.90 Å². The van der Waals surface area contributed by atoms with Crippen LogP contribution in [0.25, 0.3) is 0 Å². The second-order valence-corrected chi connectivity index (χ2v) is 6.59. The molecule has 0 bridgehead atoms. The number of sulfone groups is 1. The normalized spacial score (nSPS) is 11.5. The van der Waals surface area contributed by atoms with Gasteiger partial charge in [0, 0.05) is 6.42 Å². The van der Waals surface area contributed by atoms with Crippen LogP contribution in [-0.4, -0.2) is 25.2 Å². The highest BCUT2D eigenvalue weighted by atomic mass is 32.2. The van der Waals surface area contributed by atoms with E-state index >= 15 is 0 Å². The second kappa shape index (κ2) is 5.52. The van der Waals surface area contributed by atoms with Gasteiger partial charge < -0.3 is 5.11 Å². The van der Waals surface area contributed by atoms with E-state index < -0.39 is 15.8 Å². The zero-order chi connectivity index (χ0) is 13.9. The van der Waals surface area contributed by atoms with Crippen LogP contribution >= 0.6 is 0 Å². The summed E-state index contributed by atoms with van der Waals surface area (Å²) in [6.45, 7) is 5.45. The summed E-state index contributed by atoms with van der Waals surface area (Å²) in [4.78, 5) is 10.8. The summed E-state index contributed by atoms with van der Waals surface area (Å²) in [5, 5.41) is 8.53. The van der Waals surface area contributed by atoms with E-state index in [1.165, 1.54) is 0 Å². The van der Waals surface area contributed by atoms with Crippen LogP contribution in [0, 0.1) is 20.8 Å². The Morgan fingerprint density at radius 3 is 2.11 bits per heavy atom. The highest BCUT2D eigenvalue weighted by Crippen LogP contribution is 2.23. The van der Waals surface area contributed by atoms with Crippen molar-refractivity contribution in [2.24, 2.45) is 0 Å². The molecule has 100 valence electrons. The molecule has 0 aliphatic carbocycles. The molecule has 0 unspecified atom stereocenters. The van der Waals surface area contributed by atoms with Crippen molar-refractivity contribution < 1.29 is 18.3 Å². The Morgan fingerprint density at radius 2 is 1.67 bits per heavy atom. The minimum absolute atomic E-state index is 0.121. The van der Waals surface area contributed by atoms with Gasteiger partial charge in [0.1, 0.15) is 0 Å². The van der Waals surface area contributed by atoms with Crippen LogP contribution in [0.2, 0.25) is 0 Å². The lowest BCUT2D eigenvalue weighted by atomic mass is 10.1. The van der Waals surface area contributed by atoms with Crippen molar-refractivity contribution in [1.82, 2.24) is 0 Å². The Kier molecular flexibility index (Phi) is 4.51. The van der Waals surface area contributed by atoms with Crippen molar-refractivity contribution in [3.8, 4) is 0 Å². The van der Waals surface area contributed by atoms with Crippen LogP contribution < -0.4 is 0 Å². The van der Waals surface area contributed by atoms with Gasteiger partial charge in [-0.15, -0.1) is 0 Å². The van der Waals surface area contributed by atoms with Gasteiger partial charge >= 0.3 is 5.97 Å². The van der Waals surface area contributed by atoms with Crippen molar-refractivity contribution in [3.63, 3.8) is 0 Å². The third-order valence-electron chi connectivity index (χ3n) is 2.72. The van der Waals surface area contributed by atoms with Gasteiger partial charge in [-0.3, -0.25) is 4.79 Å². The Bertz CT molecular complexity index is 535. The van der Waals surface area contributed by atoms with Crippen molar-refractivity contribution in [2.45, 2.75) is 38.5 Å². The quantitative estimate of drug-likeness (QED) is 0.890. The Morgan fingerprint density at radius 1 is 1.17 bits per heavy atom. The summed E-state index contributed by atoms with van der Waals surface area (Å²) in [7, 11) is -3.40. The summed E-state index contributed by atoms with van der Waals surface area (Å²) < 4.78 is 24.3. The van der Waals surface area contributed by atoms with Gasteiger partial charge in [0.25, 0.3) is 0 Å². The monoisotopic (exact) mass is 270 g/mol. The molecule has 0 aliphatic heterocycles. The molecule has 0 atom stereocenters. The van der Waals surface area contributed by atoms with Gasteiger partial charge in [0.2, 0.25) is 0 Å². The Labute approximate surface area is 108 Å². The molecule has 4 nitrogen and oxygen atoms in total. The molecule has 1 aromatic rings. The van der Waals surface area contributed by atoms with Gasteiger partial charge in [-0.05, 0) is 38.3 Å². The van der Waals surface area contributed by atoms with E-state index in [-0.39, 0.29) is 18.6 Å². The molecule has 0 amide bonds. The summed E-state index contributed by atoms with van der Waals surface area (Å²) in [6.07, 6.45) is 0.0214. The number of hydrogen-bond donors (Lipinski definition) is 1. The molecule has 0 saturated heterocycles. The molecule has 0 aliphatic rings. The first kappa shape index (κ1) is 14.7. The predicted molar refractivity (Wildman–Crippen MR) is 69.6 cm³/mol. The average Bonchev–Trinajstić information content (AvgIpc) is 2.13. The molecule has 0 fully saturated rings. The maximum Gasteiger partial charge on any atom is 0.303 e. The molecule has 0 aromatic heterocycles. The highest BCUT2D eigenvalue weighted by Gasteiger charge is 2.20. The fraction of sp³-hybridized carbons (Fsp3) is 0.462. The zero-order valence-corrected chi connectivity index (χ0v) is 11.7. The van der Waals surface area contributed by atoms with Crippen molar-refractivity contribution in [1.29, 1.82) is 0 Å². The number of benzene rings is 1. The van der Waals surface area contributed by atoms with Gasteiger partial charge in [-0.25, -0.2) is 8.42 Å². The maximum absolute atomic E-state index is 12.2. The smallest absolute Gasteiger partial charge is 0.303 e. The van der Waals surface area contributed by atoms with Crippen molar-refractivity contribution in [3.05, 3.63) is 28.8 Å². The molecule has 1 aromatic carbocycles. The number of carboxylic acid groups (broad SMARTS) is 1. The van der Waals surface area contributed by atoms with Gasteiger partial charge in [0.05, 0.1) is 10.6 Å². The molecule has 5 heteroatoms. The molecule has 18 heavy (non-hydrogen) atoms. The van der Waals surface area contributed by atoms with Crippen molar-refractivity contribution in [2.75, 3.05) is 5.75 Å². The van der Waals surface area contributed by atoms with Crippen LogP contribution in [0.15, 0.2) is 17.0 Å². The van der Waals surface area contributed by atoms with Crippen LogP contribution in [0.3, 0.4) is 0 Å². The number of carboxylic acids is 1. The number of aliphatic carboxylic acids is 1. The van der Waals surface area contributed by atoms with E-state index in [0.717, 1.165) is 16.7 Å². The number of rotatable bonds is 5. The van der Waals surface area contributed by atoms with Crippen LogP contribution in [0.4, 0.5) is 0 Å². The standard InChI is InChI=1S/C13H18O4S/c1-9-7-10(2)13(11(3)8-9)18(16,17)6-4-5-12(14)15/h7-8H,4-6H2,1-3H3,(H,14,15). The van der Waals surface area contributed by atoms with Gasteiger partial charge in [0.15, 0.2) is 9.84 Å². The molecule has 1 N–H and O–H groups in total. The lowest BCUT2D eigenvalue weighted by molar-refractivity contribution is -0.137. The van der Waals surface area contributed by atoms with Crippen LogP contribution in [0.1, 0.15) is 29.5 Å². The molecule has 0 saturated carbocycles. The SMILES string of the molecule is Cc1cc(C)c(S(=O)(=O)CCCC(=O)O)c(C)c1. The maximum atomic E-state index is 12.2. The van der Waals surface area contributed by atoms with Gasteiger partial charge in [-0.1, -0.05) is 17.7 Å². The first-order valence-corrected chi connectivity index (χ1v) is 7.41. The van der Waals surface area contributed by atoms with E-state index in [2.05, 4.69) is 0 Å². The fourth-order valence-corrected chi connectivity index (χ4v) is 4.00. The van der Waals surface area contributed by atoms with E-state index in [1.807, 2.05) is 19.1 Å². The summed E-state index contributed by atoms with van der Waals surface area (Å²) in [5.41, 5.74) is 2.47. The minimum Gasteiger partial charge on any atom is -0.481 e. The number of aryl methyl sites for hydroxylation is 3. The lowest BCUT2D eigenvalue weighted by Gasteiger charge is -2.11. The van der Waals surface area contributed by atoms with E-state index in [4.69, 9.17) is 5.11 Å². The highest BCUT2D eigenvalue weighted by molar-refractivity contribution is 7.91. The Hall–Kier alpha value is -1.36. The first-order chi connectivity index (χ1) is 8.24. The summed E-state index contributed by atoms with van der Waals surface area (Å²) >= 11 is 0. The third kappa shape index (κ3) is 3.57. The summed E-state index contributed by atoms with van der Waals surface area (Å²) in [5.74, 6) is -1.09. The van der Waals surface area contributed by atoms with Crippen molar-refractivity contribution >= 4 is 15.8 Å². The first-order valence-electron chi connectivity index (χ1n) is 5.76. The predicted octanol–water partition coefficient (Wildman–Crippen LogP) is 2.25. The average molecular weight is 270 g/mol. The molecular formula is C13H18O4S. The number of carbonyl (C=O) groups is 1. The topological polar surface area (TPSA) is 71.4 Å². The second-order valence-electron chi connectivity index (χ2n) is 4.54. The molecule has 0 heterocycles. The minimum atomic E-state index is -3.40. The van der Waals surface area contributed by atoms with E-state index in [1.54, 1.807) is 13.8 Å². The zero-order valence-electron chi connectivity index (χ0n) is 10.9. The molecule has 0 radical (unpaired) electrons. The summed E-state index contributed by atoms with van der Waals surface area (Å²) in [6, 6.07) is 3.66. The molecule has 1 rings (SSSR count). The Balaban J connectivity index is 3.02. The number of hydrogen-bond acceptors (Lipinski definition) is 3. The fourth-order valence-electron chi connectivity index (χ4n) is 2.17.